The van der Waals surface area contributed by atoms with Crippen LogP contribution in [-0.4, -0.2) is 0 Å². The molecule has 0 fully saturated rings. The lowest BCUT2D eigenvalue weighted by molar-refractivity contribution is 0.438. The van der Waals surface area contributed by atoms with Gasteiger partial charge in [0.25, 0.3) is 0 Å². The van der Waals surface area contributed by atoms with Crippen LogP contribution in [0.25, 0.3) is 75.5 Å². The molecule has 3 aliphatic rings. The van der Waals surface area contributed by atoms with Gasteiger partial charge >= 0.3 is 0 Å². The molecule has 1 spiro atoms. The number of para-hydroxylation sites is 1. The molecule has 0 saturated heterocycles. The van der Waals surface area contributed by atoms with E-state index in [-0.39, 0.29) is 33.8 Å². The minimum absolute atomic E-state index is 0.0278. The molecule has 0 N–H and O–H groups in total. The van der Waals surface area contributed by atoms with E-state index in [1.54, 1.807) is 11.3 Å². The van der Waals surface area contributed by atoms with Crippen LogP contribution in [-0.2, 0) is 10.8 Å². The van der Waals surface area contributed by atoms with Crippen LogP contribution in [0.1, 0.15) is 56.8 Å². The molecule has 3 heteroatoms. The van der Waals surface area contributed by atoms with Gasteiger partial charge in [-0.3, -0.25) is 0 Å². The van der Waals surface area contributed by atoms with Crippen LogP contribution in [0.15, 0.2) is 236 Å². The minimum Gasteiger partial charge on any atom is -0.456 e. The Kier molecular flexibility index (Phi) is 7.16. The van der Waals surface area contributed by atoms with Crippen molar-refractivity contribution in [2.75, 3.05) is 4.90 Å². The lowest BCUT2D eigenvalue weighted by atomic mass is 9.65. The monoisotopic (exact) mass is 930 g/mol. The van der Waals surface area contributed by atoms with Crippen molar-refractivity contribution < 1.29 is 14.3 Å². The highest BCUT2D eigenvalue weighted by Gasteiger charge is 2.52. The summed E-state index contributed by atoms with van der Waals surface area (Å²) in [6.45, 7) is 4.56. The van der Waals surface area contributed by atoms with Crippen LogP contribution in [0.2, 0.25) is 0 Å². The summed E-state index contributed by atoms with van der Waals surface area (Å²) < 4.78 is 74.9. The van der Waals surface area contributed by atoms with Crippen LogP contribution < -0.4 is 9.64 Å². The molecule has 71 heavy (non-hydrogen) atoms. The highest BCUT2D eigenvalue weighted by molar-refractivity contribution is 7.25. The van der Waals surface area contributed by atoms with Crippen molar-refractivity contribution in [2.45, 2.75) is 24.7 Å². The van der Waals surface area contributed by atoms with Crippen molar-refractivity contribution in [3.63, 3.8) is 0 Å². The zero-order chi connectivity index (χ0) is 53.1. The highest BCUT2D eigenvalue weighted by Crippen LogP contribution is 2.64. The maximum atomic E-state index is 10.1. The molecule has 15 rings (SSSR count). The second-order valence-corrected chi connectivity index (χ2v) is 20.5. The number of anilines is 3. The van der Waals surface area contributed by atoms with Gasteiger partial charge in [0.1, 0.15) is 11.5 Å². The molecule has 0 radical (unpaired) electrons. The molecule has 11 aromatic carbocycles. The third-order valence-electron chi connectivity index (χ3n) is 15.4. The Balaban J connectivity index is 1.09. The topological polar surface area (TPSA) is 12.5 Å². The van der Waals surface area contributed by atoms with Crippen LogP contribution in [0.5, 0.6) is 11.5 Å². The first-order chi connectivity index (χ1) is 37.9. The van der Waals surface area contributed by atoms with E-state index in [2.05, 4.69) is 189 Å². The van der Waals surface area contributed by atoms with E-state index >= 15 is 0 Å². The van der Waals surface area contributed by atoms with Gasteiger partial charge in [0.05, 0.1) is 15.0 Å². The van der Waals surface area contributed by atoms with Crippen molar-refractivity contribution in [1.82, 2.24) is 0 Å². The number of nitrogens with zero attached hydrogens (tertiary/aromatic N) is 1. The van der Waals surface area contributed by atoms with Crippen molar-refractivity contribution in [3.8, 4) is 56.0 Å². The van der Waals surface area contributed by atoms with Crippen molar-refractivity contribution in [2.24, 2.45) is 0 Å². The Morgan fingerprint density at radius 2 is 1.06 bits per heavy atom. The van der Waals surface area contributed by atoms with Gasteiger partial charge in [0, 0.05) is 59.3 Å². The predicted octanol–water partition coefficient (Wildman–Crippen LogP) is 18.8. The Hall–Kier alpha value is -8.50. The van der Waals surface area contributed by atoms with Gasteiger partial charge < -0.3 is 9.64 Å². The Morgan fingerprint density at radius 3 is 1.87 bits per heavy atom. The van der Waals surface area contributed by atoms with Crippen LogP contribution >= 0.6 is 11.3 Å². The number of rotatable bonds is 5. The normalized spacial score (nSPS) is 15.5. The molecule has 1 aromatic heterocycles. The van der Waals surface area contributed by atoms with E-state index in [9.17, 15) is 5.48 Å². The first-order valence-electron chi connectivity index (χ1n) is 27.6. The summed E-state index contributed by atoms with van der Waals surface area (Å²) in [4.78, 5) is 2.27. The van der Waals surface area contributed by atoms with Crippen LogP contribution in [0, 0.1) is 0 Å². The van der Waals surface area contributed by atoms with E-state index in [0.717, 1.165) is 55.9 Å². The van der Waals surface area contributed by atoms with Crippen LogP contribution in [0.3, 0.4) is 0 Å². The number of hydrogen-bond donors (Lipinski definition) is 0. The summed E-state index contributed by atoms with van der Waals surface area (Å²) in [5, 5.41) is 2.10. The van der Waals surface area contributed by atoms with Crippen LogP contribution in [0.4, 0.5) is 17.1 Å². The number of benzene rings is 11. The van der Waals surface area contributed by atoms with Crippen molar-refractivity contribution in [3.05, 3.63) is 270 Å². The summed E-state index contributed by atoms with van der Waals surface area (Å²) in [7, 11) is 0. The molecule has 0 amide bonds. The molecule has 0 unspecified atom stereocenters. The summed E-state index contributed by atoms with van der Waals surface area (Å²) in [6.07, 6.45) is 0. The van der Waals surface area contributed by atoms with Gasteiger partial charge in [-0.25, -0.2) is 0 Å². The van der Waals surface area contributed by atoms with Gasteiger partial charge in [-0.2, -0.15) is 0 Å². The lowest BCUT2D eigenvalue weighted by Crippen LogP contribution is -2.32. The molecule has 2 aliphatic carbocycles. The molecule has 0 bridgehead atoms. The molecule has 2 heterocycles. The molecule has 2 nitrogen and oxygen atoms in total. The van der Waals surface area contributed by atoms with E-state index in [1.807, 2.05) is 24.3 Å². The molecule has 0 saturated carbocycles. The zero-order valence-electron chi connectivity index (χ0n) is 45.7. The maximum Gasteiger partial charge on any atom is 0.140 e. The Morgan fingerprint density at radius 1 is 0.437 bits per heavy atom. The number of thiophene rings is 1. The third-order valence-corrected chi connectivity index (χ3v) is 16.5. The average Bonchev–Trinajstić information content (AvgIpc) is 3.78. The molecule has 1 aliphatic heterocycles. The second kappa shape index (κ2) is 15.0. The van der Waals surface area contributed by atoms with E-state index in [4.69, 9.17) is 8.85 Å². The third kappa shape index (κ3) is 5.70. The average molecular weight is 931 g/mol. The zero-order valence-corrected chi connectivity index (χ0v) is 39.6. The predicted molar refractivity (Wildman–Crippen MR) is 297 cm³/mol. The minimum atomic E-state index is -0.999. The summed E-state index contributed by atoms with van der Waals surface area (Å²) in [6, 6.07) is 65.3. The molecular formula is C68H45NOS. The Labute approximate surface area is 427 Å². The van der Waals surface area contributed by atoms with Gasteiger partial charge in [0.15, 0.2) is 0 Å². The van der Waals surface area contributed by atoms with E-state index < -0.39 is 35.6 Å². The highest BCUT2D eigenvalue weighted by atomic mass is 32.1. The number of hydrogen-bond acceptors (Lipinski definition) is 3. The van der Waals surface area contributed by atoms with Crippen molar-refractivity contribution >= 4 is 59.3 Å². The maximum absolute atomic E-state index is 10.1. The Bertz CT molecular complexity index is 4590. The summed E-state index contributed by atoms with van der Waals surface area (Å²) in [5.74, 6) is 0.985. The fraction of sp³-hybridized carbons (Fsp3) is 0.0588. The van der Waals surface area contributed by atoms with Gasteiger partial charge in [-0.1, -0.05) is 190 Å². The lowest BCUT2D eigenvalue weighted by Gasteiger charge is -2.41. The summed E-state index contributed by atoms with van der Waals surface area (Å²) >= 11 is 1.79. The van der Waals surface area contributed by atoms with Gasteiger partial charge in [0.2, 0.25) is 0 Å². The number of fused-ring (bicyclic) bond motifs is 16. The quantitative estimate of drug-likeness (QED) is 0.171. The largest absolute Gasteiger partial charge is 0.456 e. The smallest absolute Gasteiger partial charge is 0.140 e. The molecular weight excluding hydrogens is 879 g/mol. The fourth-order valence-electron chi connectivity index (χ4n) is 12.3. The SMILES string of the molecule is [2H]c1c([2H])c([2H])c2c([2H])c(-c3cc(N(c4cccc(-c5cccc6sc7ccccc7c56)c4)c4ccc5c(c4)C(C)(C)c4ccccc4-5)cc4c3Oc3ccccc3C43c4ccccc4-c4ccccc43)c([2H])c([2H])c2c1[2H]. The van der Waals surface area contributed by atoms with Crippen molar-refractivity contribution in [1.29, 1.82) is 0 Å². The molecule has 0 atom stereocenters. The second-order valence-electron chi connectivity index (χ2n) is 19.4. The standard InChI is InChI=1S/C68H45NOS/c1-67(2)56-26-9-5-21-50(56)53-36-35-47(40-60(53)67)69(46-20-15-19-44(38-46)49-25-16-32-64-65(49)54-24-8-14-31-63(54)71-64)48-39-55(45-34-33-42-17-3-4-18-43(42)37-45)66-61(41-48)68(59-29-12-13-30-62(59)70-66)57-27-10-6-22-51(57)52-23-7-11-28-58(52)68/h3-41H,1-2H3/i3D,4D,17D,18D,33D,34D,37D. The van der Waals surface area contributed by atoms with E-state index in [1.165, 1.54) is 42.4 Å². The first-order valence-corrected chi connectivity index (χ1v) is 24.9. The molecule has 12 aromatic rings. The first kappa shape index (κ1) is 33.9. The summed E-state index contributed by atoms with van der Waals surface area (Å²) in [5.41, 5.74) is 14.3. The molecule has 334 valence electrons. The van der Waals surface area contributed by atoms with E-state index in [0.29, 0.717) is 22.7 Å². The fourth-order valence-corrected chi connectivity index (χ4v) is 13.4. The number of ether oxygens (including phenoxy) is 1. The van der Waals surface area contributed by atoms with Gasteiger partial charge in [-0.15, -0.1) is 11.3 Å². The van der Waals surface area contributed by atoms with Gasteiger partial charge in [-0.05, 0) is 133 Å².